The Bertz CT molecular complexity index is 935. The van der Waals surface area contributed by atoms with Gasteiger partial charge in [0.2, 0.25) is 11.0 Å². The normalized spacial score (nSPS) is 16.3. The van der Waals surface area contributed by atoms with Crippen molar-refractivity contribution in [1.82, 2.24) is 0 Å². The van der Waals surface area contributed by atoms with E-state index in [0.29, 0.717) is 5.56 Å². The van der Waals surface area contributed by atoms with Gasteiger partial charge in [-0.15, -0.1) is 0 Å². The smallest absolute Gasteiger partial charge is 0.242 e. The second-order valence-electron chi connectivity index (χ2n) is 5.42. The fourth-order valence-corrected chi connectivity index (χ4v) is 3.84. The molecule has 0 spiro atoms. The molecule has 112 valence electrons. The fourth-order valence-electron chi connectivity index (χ4n) is 2.82. The molecule has 1 aliphatic heterocycles. The number of carbonyl (C=O) groups excluding carboxylic acids is 2. The zero-order valence-corrected chi connectivity index (χ0v) is 13.0. The molecule has 1 unspecified atom stereocenters. The number of anilines is 1. The molecule has 1 atom stereocenters. The summed E-state index contributed by atoms with van der Waals surface area (Å²) in [4.78, 5) is 24.6. The van der Waals surface area contributed by atoms with E-state index in [2.05, 4.69) is 5.32 Å². The molecule has 1 N–H and O–H groups in total. The van der Waals surface area contributed by atoms with Crippen LogP contribution in [0.3, 0.4) is 0 Å². The maximum absolute atomic E-state index is 12.6. The molecule has 3 nitrogen and oxygen atoms in total. The van der Waals surface area contributed by atoms with Crippen LogP contribution in [-0.4, -0.2) is 11.0 Å². The second kappa shape index (κ2) is 5.56. The standard InChI is InChI=1S/C19H13NO2S/c21-18(17-15-7-3-4-8-16(15)19(22)23-17)20-14-10-9-12-5-1-2-6-13(12)11-14/h1-11,17H,(H,20,21). The number of fused-ring (bicyclic) bond motifs is 2. The van der Waals surface area contributed by atoms with E-state index in [0.717, 1.165) is 33.8 Å². The molecule has 4 rings (SSSR count). The van der Waals surface area contributed by atoms with Crippen LogP contribution in [0.5, 0.6) is 0 Å². The topological polar surface area (TPSA) is 46.2 Å². The Balaban J connectivity index is 1.61. The SMILES string of the molecule is O=C1SC(C(=O)Nc2ccc3ccccc3c2)c2ccccc21. The van der Waals surface area contributed by atoms with Gasteiger partial charge in [-0.05, 0) is 28.5 Å². The Kier molecular flexibility index (Phi) is 3.39. The Labute approximate surface area is 137 Å². The third-order valence-electron chi connectivity index (χ3n) is 3.94. The minimum absolute atomic E-state index is 0.0424. The average Bonchev–Trinajstić information content (AvgIpc) is 2.92. The number of hydrogen-bond donors (Lipinski definition) is 1. The number of amides is 1. The van der Waals surface area contributed by atoms with Gasteiger partial charge in [-0.2, -0.15) is 0 Å². The quantitative estimate of drug-likeness (QED) is 0.761. The van der Waals surface area contributed by atoms with Crippen molar-refractivity contribution in [2.24, 2.45) is 0 Å². The molecule has 1 aliphatic rings. The molecule has 0 saturated heterocycles. The summed E-state index contributed by atoms with van der Waals surface area (Å²) in [5.41, 5.74) is 2.17. The average molecular weight is 319 g/mol. The number of rotatable bonds is 2. The van der Waals surface area contributed by atoms with Crippen molar-refractivity contribution in [3.8, 4) is 0 Å². The predicted octanol–water partition coefficient (Wildman–Crippen LogP) is 4.41. The monoisotopic (exact) mass is 319 g/mol. The highest BCUT2D eigenvalue weighted by atomic mass is 32.2. The van der Waals surface area contributed by atoms with Crippen LogP contribution in [0.4, 0.5) is 5.69 Å². The molecule has 0 aromatic heterocycles. The molecule has 1 amide bonds. The van der Waals surface area contributed by atoms with E-state index in [1.807, 2.05) is 60.7 Å². The van der Waals surface area contributed by atoms with Gasteiger partial charge in [0.15, 0.2) is 0 Å². The van der Waals surface area contributed by atoms with E-state index < -0.39 is 5.25 Å². The van der Waals surface area contributed by atoms with Crippen molar-refractivity contribution >= 4 is 39.2 Å². The Morgan fingerprint density at radius 3 is 2.52 bits per heavy atom. The van der Waals surface area contributed by atoms with Gasteiger partial charge in [0.25, 0.3) is 0 Å². The lowest BCUT2D eigenvalue weighted by Gasteiger charge is -2.11. The third kappa shape index (κ3) is 2.51. The first-order valence-corrected chi connectivity index (χ1v) is 8.20. The van der Waals surface area contributed by atoms with E-state index in [-0.39, 0.29) is 11.0 Å². The van der Waals surface area contributed by atoms with Gasteiger partial charge in [-0.1, -0.05) is 66.4 Å². The number of thioether (sulfide) groups is 1. The van der Waals surface area contributed by atoms with E-state index in [1.54, 1.807) is 6.07 Å². The number of nitrogens with one attached hydrogen (secondary N) is 1. The van der Waals surface area contributed by atoms with E-state index in [4.69, 9.17) is 0 Å². The first-order chi connectivity index (χ1) is 11.2. The summed E-state index contributed by atoms with van der Waals surface area (Å²) in [6.07, 6.45) is 0. The van der Waals surface area contributed by atoms with Crippen molar-refractivity contribution in [3.05, 3.63) is 77.9 Å². The zero-order chi connectivity index (χ0) is 15.8. The van der Waals surface area contributed by atoms with Crippen LogP contribution in [-0.2, 0) is 4.79 Å². The highest BCUT2D eigenvalue weighted by Crippen LogP contribution is 2.42. The minimum Gasteiger partial charge on any atom is -0.325 e. The lowest BCUT2D eigenvalue weighted by atomic mass is 10.0. The van der Waals surface area contributed by atoms with Crippen LogP contribution in [0.2, 0.25) is 0 Å². The van der Waals surface area contributed by atoms with Gasteiger partial charge < -0.3 is 5.32 Å². The van der Waals surface area contributed by atoms with E-state index in [1.165, 1.54) is 0 Å². The van der Waals surface area contributed by atoms with Crippen molar-refractivity contribution in [2.45, 2.75) is 5.25 Å². The molecule has 0 aliphatic carbocycles. The first-order valence-electron chi connectivity index (χ1n) is 7.32. The Morgan fingerprint density at radius 1 is 0.913 bits per heavy atom. The third-order valence-corrected chi connectivity index (χ3v) is 5.08. The maximum Gasteiger partial charge on any atom is 0.242 e. The van der Waals surface area contributed by atoms with Gasteiger partial charge in [-0.3, -0.25) is 9.59 Å². The molecule has 0 fully saturated rings. The van der Waals surface area contributed by atoms with Gasteiger partial charge in [0.05, 0.1) is 0 Å². The molecule has 23 heavy (non-hydrogen) atoms. The van der Waals surface area contributed by atoms with Crippen molar-refractivity contribution in [1.29, 1.82) is 0 Å². The van der Waals surface area contributed by atoms with E-state index in [9.17, 15) is 9.59 Å². The zero-order valence-electron chi connectivity index (χ0n) is 12.2. The molecule has 0 bridgehead atoms. The van der Waals surface area contributed by atoms with Crippen LogP contribution in [0.25, 0.3) is 10.8 Å². The van der Waals surface area contributed by atoms with Crippen LogP contribution >= 0.6 is 11.8 Å². The number of carbonyl (C=O) groups is 2. The molecular weight excluding hydrogens is 306 g/mol. The Hall–Kier alpha value is -2.59. The summed E-state index contributed by atoms with van der Waals surface area (Å²) in [6, 6.07) is 21.1. The van der Waals surface area contributed by atoms with Gasteiger partial charge in [0, 0.05) is 11.3 Å². The molecule has 0 radical (unpaired) electrons. The van der Waals surface area contributed by atoms with Crippen LogP contribution in [0.1, 0.15) is 21.2 Å². The fraction of sp³-hybridized carbons (Fsp3) is 0.0526. The van der Waals surface area contributed by atoms with Gasteiger partial charge in [0.1, 0.15) is 5.25 Å². The largest absolute Gasteiger partial charge is 0.325 e. The molecular formula is C19H13NO2S. The minimum atomic E-state index is -0.481. The summed E-state index contributed by atoms with van der Waals surface area (Å²) in [5, 5.41) is 4.60. The highest BCUT2D eigenvalue weighted by molar-refractivity contribution is 8.15. The molecule has 1 heterocycles. The predicted molar refractivity (Wildman–Crippen MR) is 93.7 cm³/mol. The number of hydrogen-bond acceptors (Lipinski definition) is 3. The van der Waals surface area contributed by atoms with Gasteiger partial charge in [-0.25, -0.2) is 0 Å². The Morgan fingerprint density at radius 2 is 1.65 bits per heavy atom. The lowest BCUT2D eigenvalue weighted by Crippen LogP contribution is -2.17. The maximum atomic E-state index is 12.6. The first kappa shape index (κ1) is 14.0. The summed E-state index contributed by atoms with van der Waals surface area (Å²) >= 11 is 1.07. The van der Waals surface area contributed by atoms with Crippen LogP contribution in [0.15, 0.2) is 66.7 Å². The summed E-state index contributed by atoms with van der Waals surface area (Å²) < 4.78 is 0. The summed E-state index contributed by atoms with van der Waals surface area (Å²) in [5.74, 6) is -0.163. The molecule has 3 aromatic rings. The van der Waals surface area contributed by atoms with Crippen molar-refractivity contribution in [3.63, 3.8) is 0 Å². The molecule has 0 saturated carbocycles. The lowest BCUT2D eigenvalue weighted by molar-refractivity contribution is -0.115. The number of benzene rings is 3. The summed E-state index contributed by atoms with van der Waals surface area (Å²) in [6.45, 7) is 0. The van der Waals surface area contributed by atoms with Crippen molar-refractivity contribution in [2.75, 3.05) is 5.32 Å². The van der Waals surface area contributed by atoms with Crippen molar-refractivity contribution < 1.29 is 9.59 Å². The van der Waals surface area contributed by atoms with Crippen LogP contribution < -0.4 is 5.32 Å². The highest BCUT2D eigenvalue weighted by Gasteiger charge is 2.34. The van der Waals surface area contributed by atoms with E-state index >= 15 is 0 Å². The molecule has 3 aromatic carbocycles. The second-order valence-corrected chi connectivity index (χ2v) is 6.50. The molecule has 4 heteroatoms. The van der Waals surface area contributed by atoms with Crippen LogP contribution in [0, 0.1) is 0 Å². The van der Waals surface area contributed by atoms with Gasteiger partial charge >= 0.3 is 0 Å². The summed E-state index contributed by atoms with van der Waals surface area (Å²) in [7, 11) is 0.